The molecule has 1 N–H and O–H groups in total. The Hall–Kier alpha value is -3.37. The minimum atomic E-state index is -4.57. The number of amides is 1. The van der Waals surface area contributed by atoms with Crippen molar-refractivity contribution in [2.24, 2.45) is 14.1 Å². The molecule has 1 amide bonds. The van der Waals surface area contributed by atoms with Crippen LogP contribution in [0.15, 0.2) is 34.1 Å². The average molecular weight is 395 g/mol. The number of aryl methyl sites for hydroxylation is 3. The number of alkyl halides is 3. The number of aromatic nitrogens is 4. The first-order valence-electron chi connectivity index (χ1n) is 8.09. The van der Waals surface area contributed by atoms with Gasteiger partial charge in [0.25, 0.3) is 5.56 Å². The lowest BCUT2D eigenvalue weighted by Crippen LogP contribution is -2.42. The van der Waals surface area contributed by atoms with Crippen LogP contribution in [0.25, 0.3) is 11.2 Å². The molecule has 0 radical (unpaired) electrons. The maximum absolute atomic E-state index is 13.0. The summed E-state index contributed by atoms with van der Waals surface area (Å²) in [7, 11) is 2.97. The van der Waals surface area contributed by atoms with Gasteiger partial charge < -0.3 is 9.88 Å². The van der Waals surface area contributed by atoms with Gasteiger partial charge in [-0.05, 0) is 24.6 Å². The van der Waals surface area contributed by atoms with E-state index in [9.17, 15) is 27.6 Å². The Labute approximate surface area is 155 Å². The lowest BCUT2D eigenvalue weighted by atomic mass is 10.1. The van der Waals surface area contributed by atoms with Crippen LogP contribution in [0.5, 0.6) is 0 Å². The summed E-state index contributed by atoms with van der Waals surface area (Å²) in [6.07, 6.45) is -3.21. The molecular weight excluding hydrogens is 379 g/mol. The molecule has 3 aromatic rings. The van der Waals surface area contributed by atoms with Crippen molar-refractivity contribution in [3.8, 4) is 0 Å². The molecule has 0 aliphatic rings. The standard InChI is InChI=1S/C17H16F3N5O3/c1-9-4-5-10(6-11(9)17(18,19)20)22-12(26)7-25-15(27)13-14(21-8-23(13)2)24(3)16(25)28/h4-6,8H,7H2,1-3H3,(H,22,26). The SMILES string of the molecule is Cc1ccc(NC(=O)Cn2c(=O)c3c(ncn3C)n(C)c2=O)cc1C(F)(F)F. The maximum atomic E-state index is 13.0. The van der Waals surface area contributed by atoms with Crippen LogP contribution in [0.3, 0.4) is 0 Å². The van der Waals surface area contributed by atoms with Crippen molar-refractivity contribution in [2.45, 2.75) is 19.6 Å². The van der Waals surface area contributed by atoms with Crippen LogP contribution in [0.2, 0.25) is 0 Å². The normalized spacial score (nSPS) is 11.8. The van der Waals surface area contributed by atoms with E-state index >= 15 is 0 Å². The highest BCUT2D eigenvalue weighted by Crippen LogP contribution is 2.33. The summed E-state index contributed by atoms with van der Waals surface area (Å²) in [5.41, 5.74) is -2.13. The van der Waals surface area contributed by atoms with Crippen LogP contribution in [0, 0.1) is 6.92 Å². The molecule has 0 unspecified atom stereocenters. The molecule has 28 heavy (non-hydrogen) atoms. The van der Waals surface area contributed by atoms with E-state index in [0.717, 1.165) is 10.6 Å². The number of hydrogen-bond acceptors (Lipinski definition) is 4. The summed E-state index contributed by atoms with van der Waals surface area (Å²) in [6.45, 7) is 0.655. The fourth-order valence-electron chi connectivity index (χ4n) is 2.88. The van der Waals surface area contributed by atoms with Crippen LogP contribution in [0.1, 0.15) is 11.1 Å². The predicted octanol–water partition coefficient (Wildman–Crippen LogP) is 1.40. The maximum Gasteiger partial charge on any atom is 0.416 e. The number of rotatable bonds is 3. The molecule has 1 aromatic carbocycles. The minimum Gasteiger partial charge on any atom is -0.328 e. The topological polar surface area (TPSA) is 90.9 Å². The summed E-state index contributed by atoms with van der Waals surface area (Å²) < 4.78 is 42.3. The number of fused-ring (bicyclic) bond motifs is 1. The molecule has 0 aliphatic heterocycles. The molecule has 0 saturated heterocycles. The van der Waals surface area contributed by atoms with E-state index in [1.165, 1.54) is 37.0 Å². The first-order chi connectivity index (χ1) is 13.0. The van der Waals surface area contributed by atoms with Gasteiger partial charge in [0.1, 0.15) is 6.54 Å². The number of nitrogens with zero attached hydrogens (tertiary/aromatic N) is 4. The summed E-state index contributed by atoms with van der Waals surface area (Å²) in [5, 5.41) is 2.29. The zero-order chi connectivity index (χ0) is 20.8. The first kappa shape index (κ1) is 19.4. The average Bonchev–Trinajstić information content (AvgIpc) is 2.99. The Balaban J connectivity index is 1.94. The van der Waals surface area contributed by atoms with Crippen LogP contribution in [-0.4, -0.2) is 24.6 Å². The number of hydrogen-bond donors (Lipinski definition) is 1. The monoisotopic (exact) mass is 395 g/mol. The summed E-state index contributed by atoms with van der Waals surface area (Å²) >= 11 is 0. The van der Waals surface area contributed by atoms with Gasteiger partial charge in [0.05, 0.1) is 11.9 Å². The molecule has 0 spiro atoms. The van der Waals surface area contributed by atoms with Gasteiger partial charge in [-0.1, -0.05) is 6.07 Å². The van der Waals surface area contributed by atoms with Gasteiger partial charge >= 0.3 is 11.9 Å². The van der Waals surface area contributed by atoms with Crippen molar-refractivity contribution in [2.75, 3.05) is 5.32 Å². The van der Waals surface area contributed by atoms with Crippen molar-refractivity contribution in [3.05, 3.63) is 56.5 Å². The Bertz CT molecular complexity index is 1200. The Morgan fingerprint density at radius 3 is 2.54 bits per heavy atom. The minimum absolute atomic E-state index is 0.0113. The highest BCUT2D eigenvalue weighted by atomic mass is 19.4. The highest BCUT2D eigenvalue weighted by Gasteiger charge is 2.32. The molecular formula is C17H16F3N5O3. The van der Waals surface area contributed by atoms with E-state index in [1.807, 2.05) is 0 Å². The third-order valence-corrected chi connectivity index (χ3v) is 4.33. The van der Waals surface area contributed by atoms with Crippen molar-refractivity contribution in [1.82, 2.24) is 18.7 Å². The number of halogens is 3. The second-order valence-corrected chi connectivity index (χ2v) is 6.34. The van der Waals surface area contributed by atoms with E-state index in [1.54, 1.807) is 7.05 Å². The second-order valence-electron chi connectivity index (χ2n) is 6.34. The Morgan fingerprint density at radius 1 is 1.21 bits per heavy atom. The third-order valence-electron chi connectivity index (χ3n) is 4.33. The van der Waals surface area contributed by atoms with Gasteiger partial charge in [0.15, 0.2) is 11.2 Å². The number of nitrogens with one attached hydrogen (secondary N) is 1. The second kappa shape index (κ2) is 6.66. The lowest BCUT2D eigenvalue weighted by Gasteiger charge is -2.13. The molecule has 0 fully saturated rings. The first-order valence-corrected chi connectivity index (χ1v) is 8.09. The van der Waals surface area contributed by atoms with Gasteiger partial charge in [-0.2, -0.15) is 13.2 Å². The Kier molecular flexibility index (Phi) is 4.61. The quantitative estimate of drug-likeness (QED) is 0.726. The summed E-state index contributed by atoms with van der Waals surface area (Å²) in [5.74, 6) is -0.808. The zero-order valence-corrected chi connectivity index (χ0v) is 15.2. The van der Waals surface area contributed by atoms with E-state index < -0.39 is 35.4 Å². The van der Waals surface area contributed by atoms with Crippen LogP contribution < -0.4 is 16.6 Å². The molecule has 3 rings (SSSR count). The van der Waals surface area contributed by atoms with Crippen LogP contribution in [-0.2, 0) is 31.6 Å². The van der Waals surface area contributed by atoms with Crippen molar-refractivity contribution >= 4 is 22.8 Å². The zero-order valence-electron chi connectivity index (χ0n) is 15.2. The molecule has 0 saturated carbocycles. The molecule has 11 heteroatoms. The van der Waals surface area contributed by atoms with Crippen molar-refractivity contribution in [3.63, 3.8) is 0 Å². The molecule has 0 aliphatic carbocycles. The van der Waals surface area contributed by atoms with Gasteiger partial charge in [-0.25, -0.2) is 14.3 Å². The number of anilines is 1. The van der Waals surface area contributed by atoms with Crippen molar-refractivity contribution in [1.29, 1.82) is 0 Å². The number of benzene rings is 1. The molecule has 0 atom stereocenters. The highest BCUT2D eigenvalue weighted by molar-refractivity contribution is 5.90. The van der Waals surface area contributed by atoms with Gasteiger partial charge in [0, 0.05) is 19.8 Å². The van der Waals surface area contributed by atoms with E-state index in [4.69, 9.17) is 0 Å². The largest absolute Gasteiger partial charge is 0.416 e. The summed E-state index contributed by atoms with van der Waals surface area (Å²) in [6, 6.07) is 3.34. The molecule has 2 aromatic heterocycles. The van der Waals surface area contributed by atoms with Gasteiger partial charge in [-0.3, -0.25) is 14.2 Å². The fraction of sp³-hybridized carbons (Fsp3) is 0.294. The van der Waals surface area contributed by atoms with Crippen LogP contribution >= 0.6 is 0 Å². The van der Waals surface area contributed by atoms with Gasteiger partial charge in [-0.15, -0.1) is 0 Å². The Morgan fingerprint density at radius 2 is 1.89 bits per heavy atom. The van der Waals surface area contributed by atoms with Crippen LogP contribution in [0.4, 0.5) is 18.9 Å². The molecule has 8 nitrogen and oxygen atoms in total. The van der Waals surface area contributed by atoms with Crippen molar-refractivity contribution < 1.29 is 18.0 Å². The smallest absolute Gasteiger partial charge is 0.328 e. The molecule has 148 valence electrons. The van der Waals surface area contributed by atoms with E-state index in [0.29, 0.717) is 4.57 Å². The lowest BCUT2D eigenvalue weighted by molar-refractivity contribution is -0.138. The number of imidazole rings is 1. The van der Waals surface area contributed by atoms with E-state index in [-0.39, 0.29) is 22.4 Å². The van der Waals surface area contributed by atoms with Gasteiger partial charge in [0.2, 0.25) is 5.91 Å². The fourth-order valence-corrected chi connectivity index (χ4v) is 2.88. The molecule has 0 bridgehead atoms. The number of carbonyl (C=O) groups excluding carboxylic acids is 1. The van der Waals surface area contributed by atoms with E-state index in [2.05, 4.69) is 10.3 Å². The predicted molar refractivity (Wildman–Crippen MR) is 95.0 cm³/mol. The third kappa shape index (κ3) is 3.30. The number of carbonyl (C=O) groups is 1. The molecule has 2 heterocycles. The summed E-state index contributed by atoms with van der Waals surface area (Å²) in [4.78, 5) is 41.2.